The van der Waals surface area contributed by atoms with E-state index >= 15 is 0 Å². The molecule has 3 aromatic rings. The van der Waals surface area contributed by atoms with Gasteiger partial charge in [0, 0.05) is 14.3 Å². The van der Waals surface area contributed by atoms with Crippen LogP contribution in [0.5, 0.6) is 0 Å². The highest BCUT2D eigenvalue weighted by Crippen LogP contribution is 2.35. The fourth-order valence-electron chi connectivity index (χ4n) is 1.77. The zero-order chi connectivity index (χ0) is 12.7. The number of hydrogen-bond donors (Lipinski definition) is 1. The molecule has 1 unspecified atom stereocenters. The second-order valence-corrected chi connectivity index (χ2v) is 5.94. The van der Waals surface area contributed by atoms with Gasteiger partial charge in [0.25, 0.3) is 0 Å². The lowest BCUT2D eigenvalue weighted by Gasteiger charge is -2.08. The summed E-state index contributed by atoms with van der Waals surface area (Å²) in [6, 6.07) is 7.33. The minimum absolute atomic E-state index is 0.364. The molecule has 1 aromatic carbocycles. The van der Waals surface area contributed by atoms with Gasteiger partial charge in [-0.05, 0) is 35.2 Å². The summed E-state index contributed by atoms with van der Waals surface area (Å²) in [5.74, 6) is -1.84. The van der Waals surface area contributed by atoms with E-state index in [0.717, 1.165) is 26.4 Å². The Hall–Kier alpha value is -1.30. The molecule has 18 heavy (non-hydrogen) atoms. The fraction of sp³-hybridized carbons (Fsp3) is 0.0769. The van der Waals surface area contributed by atoms with Gasteiger partial charge < -0.3 is 5.11 Å². The van der Waals surface area contributed by atoms with E-state index in [9.17, 15) is 13.9 Å². The van der Waals surface area contributed by atoms with E-state index in [0.29, 0.717) is 5.56 Å². The van der Waals surface area contributed by atoms with Gasteiger partial charge in [-0.25, -0.2) is 8.78 Å². The first-order valence-corrected chi connectivity index (χ1v) is 6.95. The largest absolute Gasteiger partial charge is 0.383 e. The molecule has 0 amide bonds. The third-order valence-electron chi connectivity index (χ3n) is 2.69. The quantitative estimate of drug-likeness (QED) is 0.742. The summed E-state index contributed by atoms with van der Waals surface area (Å²) in [6.45, 7) is 0. The van der Waals surface area contributed by atoms with E-state index in [1.165, 1.54) is 17.4 Å². The van der Waals surface area contributed by atoms with Gasteiger partial charge in [-0.2, -0.15) is 0 Å². The normalized spacial score (nSPS) is 13.1. The molecule has 0 fully saturated rings. The van der Waals surface area contributed by atoms with Crippen LogP contribution in [0.2, 0.25) is 0 Å². The maximum Gasteiger partial charge on any atom is 0.159 e. The summed E-state index contributed by atoms with van der Waals surface area (Å²) in [5.41, 5.74) is 0.364. The number of thiophene rings is 2. The van der Waals surface area contributed by atoms with E-state index in [4.69, 9.17) is 0 Å². The van der Waals surface area contributed by atoms with Gasteiger partial charge in [-0.1, -0.05) is 6.07 Å². The highest BCUT2D eigenvalue weighted by atomic mass is 32.1. The van der Waals surface area contributed by atoms with Crippen LogP contribution in [0.15, 0.2) is 35.7 Å². The molecule has 1 N–H and O–H groups in total. The van der Waals surface area contributed by atoms with Gasteiger partial charge in [-0.3, -0.25) is 0 Å². The van der Waals surface area contributed by atoms with Crippen molar-refractivity contribution < 1.29 is 13.9 Å². The topological polar surface area (TPSA) is 20.2 Å². The van der Waals surface area contributed by atoms with E-state index in [1.807, 2.05) is 17.5 Å². The van der Waals surface area contributed by atoms with Gasteiger partial charge in [0.2, 0.25) is 0 Å². The number of rotatable bonds is 2. The van der Waals surface area contributed by atoms with E-state index in [1.54, 1.807) is 11.3 Å². The predicted molar refractivity (Wildman–Crippen MR) is 70.1 cm³/mol. The van der Waals surface area contributed by atoms with Crippen LogP contribution in [-0.2, 0) is 0 Å². The SMILES string of the molecule is OC(c1ccc(F)c(F)c1)c1cc2sccc2s1. The fourth-order valence-corrected chi connectivity index (χ4v) is 3.90. The Morgan fingerprint density at radius 2 is 1.83 bits per heavy atom. The summed E-state index contributed by atoms with van der Waals surface area (Å²) in [4.78, 5) is 0.739. The van der Waals surface area contributed by atoms with Crippen LogP contribution in [0, 0.1) is 11.6 Å². The first kappa shape index (κ1) is 11.8. The summed E-state index contributed by atoms with van der Waals surface area (Å²) >= 11 is 3.05. The minimum Gasteiger partial charge on any atom is -0.383 e. The first-order chi connectivity index (χ1) is 8.65. The summed E-state index contributed by atoms with van der Waals surface area (Å²) in [5, 5.41) is 12.1. The van der Waals surface area contributed by atoms with Gasteiger partial charge in [0.1, 0.15) is 6.10 Å². The summed E-state index contributed by atoms with van der Waals surface area (Å²) < 4.78 is 28.1. The average molecular weight is 282 g/mol. The van der Waals surface area contributed by atoms with Crippen LogP contribution in [-0.4, -0.2) is 5.11 Å². The van der Waals surface area contributed by atoms with Crippen molar-refractivity contribution in [1.29, 1.82) is 0 Å². The third-order valence-corrected chi connectivity index (χ3v) is 4.83. The van der Waals surface area contributed by atoms with Crippen molar-refractivity contribution in [2.45, 2.75) is 6.10 Å². The number of fused-ring (bicyclic) bond motifs is 1. The van der Waals surface area contributed by atoms with Crippen LogP contribution in [0.4, 0.5) is 8.78 Å². The molecule has 0 bridgehead atoms. The Morgan fingerprint density at radius 3 is 2.56 bits per heavy atom. The maximum absolute atomic E-state index is 13.1. The summed E-state index contributed by atoms with van der Waals surface area (Å²) in [7, 11) is 0. The lowest BCUT2D eigenvalue weighted by Crippen LogP contribution is -1.98. The van der Waals surface area contributed by atoms with Crippen LogP contribution in [0.1, 0.15) is 16.5 Å². The van der Waals surface area contributed by atoms with Gasteiger partial charge >= 0.3 is 0 Å². The molecule has 92 valence electrons. The predicted octanol–water partition coefficient (Wildman–Crippen LogP) is 4.32. The van der Waals surface area contributed by atoms with Gasteiger partial charge in [0.15, 0.2) is 11.6 Å². The molecule has 2 aromatic heterocycles. The van der Waals surface area contributed by atoms with E-state index in [2.05, 4.69) is 0 Å². The Balaban J connectivity index is 2.00. The average Bonchev–Trinajstić information content (AvgIpc) is 2.92. The van der Waals surface area contributed by atoms with Crippen molar-refractivity contribution in [2.75, 3.05) is 0 Å². The minimum atomic E-state index is -0.940. The molecule has 1 atom stereocenters. The molecule has 1 nitrogen and oxygen atoms in total. The van der Waals surface area contributed by atoms with Crippen molar-refractivity contribution in [3.05, 3.63) is 57.8 Å². The maximum atomic E-state index is 13.1. The molecule has 0 aliphatic rings. The molecule has 3 rings (SSSR count). The first-order valence-electron chi connectivity index (χ1n) is 5.25. The third kappa shape index (κ3) is 1.94. The van der Waals surface area contributed by atoms with Crippen LogP contribution < -0.4 is 0 Å². The molecule has 0 saturated heterocycles. The number of halogens is 2. The Kier molecular flexibility index (Phi) is 2.89. The Labute approximate surface area is 110 Å². The number of aliphatic hydroxyl groups excluding tert-OH is 1. The van der Waals surface area contributed by atoms with Gasteiger partial charge in [0.05, 0.1) is 0 Å². The molecule has 0 aliphatic heterocycles. The molecule has 0 saturated carbocycles. The van der Waals surface area contributed by atoms with E-state index < -0.39 is 17.7 Å². The standard InChI is InChI=1S/C13H8F2OS2/c14-8-2-1-7(5-9(8)15)13(16)12-6-11-10(18-12)3-4-17-11/h1-6,13,16H. The van der Waals surface area contributed by atoms with Crippen LogP contribution in [0.25, 0.3) is 9.40 Å². The summed E-state index contributed by atoms with van der Waals surface area (Å²) in [6.07, 6.45) is -0.912. The molecule has 0 spiro atoms. The monoisotopic (exact) mass is 282 g/mol. The second kappa shape index (κ2) is 4.42. The van der Waals surface area contributed by atoms with Crippen molar-refractivity contribution in [1.82, 2.24) is 0 Å². The highest BCUT2D eigenvalue weighted by molar-refractivity contribution is 7.26. The van der Waals surface area contributed by atoms with Crippen LogP contribution >= 0.6 is 22.7 Å². The Morgan fingerprint density at radius 1 is 1.00 bits per heavy atom. The lowest BCUT2D eigenvalue weighted by atomic mass is 10.1. The molecule has 2 heterocycles. The zero-order valence-electron chi connectivity index (χ0n) is 9.06. The van der Waals surface area contributed by atoms with Crippen molar-refractivity contribution in [3.63, 3.8) is 0 Å². The molecular formula is C13H8F2OS2. The molecule has 0 aliphatic carbocycles. The second-order valence-electron chi connectivity index (χ2n) is 3.87. The van der Waals surface area contributed by atoms with E-state index in [-0.39, 0.29) is 0 Å². The van der Waals surface area contributed by atoms with Crippen LogP contribution in [0.3, 0.4) is 0 Å². The molecule has 0 radical (unpaired) electrons. The smallest absolute Gasteiger partial charge is 0.159 e. The molecule has 5 heteroatoms. The van der Waals surface area contributed by atoms with Crippen molar-refractivity contribution >= 4 is 32.1 Å². The van der Waals surface area contributed by atoms with Crippen molar-refractivity contribution in [2.24, 2.45) is 0 Å². The molecular weight excluding hydrogens is 274 g/mol. The number of hydrogen-bond acceptors (Lipinski definition) is 3. The highest BCUT2D eigenvalue weighted by Gasteiger charge is 2.16. The Bertz CT molecular complexity index is 673. The number of aliphatic hydroxyl groups is 1. The van der Waals surface area contributed by atoms with Crippen molar-refractivity contribution in [3.8, 4) is 0 Å². The zero-order valence-corrected chi connectivity index (χ0v) is 10.7. The van der Waals surface area contributed by atoms with Gasteiger partial charge in [-0.15, -0.1) is 22.7 Å². The number of benzene rings is 1. The lowest BCUT2D eigenvalue weighted by molar-refractivity contribution is 0.223.